The first-order valence-corrected chi connectivity index (χ1v) is 12.4. The normalized spacial score (nSPS) is 12.8. The molecule has 1 aromatic heterocycles. The molecule has 0 radical (unpaired) electrons. The molecule has 0 saturated heterocycles. The molecule has 0 spiro atoms. The number of nitrogens with zero attached hydrogens (tertiary/aromatic N) is 1. The molecule has 2 heteroatoms. The Morgan fingerprint density at radius 3 is 1.24 bits per heavy atom. The third-order valence-corrected chi connectivity index (χ3v) is 6.25. The van der Waals surface area contributed by atoms with Crippen molar-refractivity contribution in [1.29, 1.82) is 0 Å². The first-order chi connectivity index (χ1) is 18.3. The second-order valence-corrected chi connectivity index (χ2v) is 8.90. The van der Waals surface area contributed by atoms with E-state index in [2.05, 4.69) is 78.9 Å². The number of ether oxygens (including phenoxy) is 1. The lowest BCUT2D eigenvalue weighted by atomic mass is 10.00. The molecule has 6 rings (SSSR count). The molecular weight excluding hydrogens is 450 g/mol. The Bertz CT molecular complexity index is 1480. The van der Waals surface area contributed by atoms with Gasteiger partial charge in [0.15, 0.2) is 0 Å². The highest BCUT2D eigenvalue weighted by molar-refractivity contribution is 5.82. The highest BCUT2D eigenvalue weighted by Gasteiger charge is 2.15. The molecule has 1 aliphatic rings. The van der Waals surface area contributed by atoms with Crippen LogP contribution in [0.2, 0.25) is 0 Å². The van der Waals surface area contributed by atoms with Crippen LogP contribution in [0.5, 0.6) is 0 Å². The summed E-state index contributed by atoms with van der Waals surface area (Å²) >= 11 is 0. The Morgan fingerprint density at radius 1 is 0.459 bits per heavy atom. The smallest absolute Gasteiger partial charge is 0.135 e. The molecule has 2 nitrogen and oxygen atoms in total. The molecule has 0 atom stereocenters. The number of rotatable bonds is 5. The van der Waals surface area contributed by atoms with E-state index in [0.29, 0.717) is 0 Å². The molecule has 0 saturated carbocycles. The van der Waals surface area contributed by atoms with E-state index in [1.165, 1.54) is 0 Å². The average Bonchev–Trinajstić information content (AvgIpc) is 2.99. The van der Waals surface area contributed by atoms with Gasteiger partial charge < -0.3 is 4.74 Å². The maximum atomic E-state index is 6.38. The summed E-state index contributed by atoms with van der Waals surface area (Å²) in [4.78, 5) is 5.01. The predicted molar refractivity (Wildman–Crippen MR) is 153 cm³/mol. The minimum Gasteiger partial charge on any atom is -0.456 e. The van der Waals surface area contributed by atoms with Crippen LogP contribution in [0.1, 0.15) is 16.7 Å². The summed E-state index contributed by atoms with van der Waals surface area (Å²) in [5.41, 5.74) is 8.30. The third kappa shape index (κ3) is 5.19. The van der Waals surface area contributed by atoms with Crippen molar-refractivity contribution in [2.45, 2.75) is 0 Å². The van der Waals surface area contributed by atoms with E-state index in [1.807, 2.05) is 72.8 Å². The third-order valence-electron chi connectivity index (χ3n) is 6.25. The van der Waals surface area contributed by atoms with E-state index in [1.54, 1.807) is 0 Å². The highest BCUT2D eigenvalue weighted by atomic mass is 16.5. The zero-order chi connectivity index (χ0) is 24.9. The Kier molecular flexibility index (Phi) is 6.30. The van der Waals surface area contributed by atoms with Gasteiger partial charge in [0.1, 0.15) is 11.5 Å². The molecule has 1 aliphatic heterocycles. The van der Waals surface area contributed by atoms with Gasteiger partial charge in [-0.05, 0) is 41.5 Å². The molecule has 0 unspecified atom stereocenters. The van der Waals surface area contributed by atoms with Gasteiger partial charge in [0.05, 0.1) is 11.4 Å². The van der Waals surface area contributed by atoms with Crippen LogP contribution < -0.4 is 0 Å². The molecule has 5 aromatic rings. The van der Waals surface area contributed by atoms with Gasteiger partial charge in [0, 0.05) is 22.3 Å². The van der Waals surface area contributed by atoms with E-state index < -0.39 is 0 Å². The number of pyridine rings is 1. The Morgan fingerprint density at radius 2 is 0.838 bits per heavy atom. The second kappa shape index (κ2) is 10.3. The zero-order valence-corrected chi connectivity index (χ0v) is 20.3. The Labute approximate surface area is 217 Å². The molecule has 2 heterocycles. The van der Waals surface area contributed by atoms with Gasteiger partial charge in [-0.2, -0.15) is 0 Å². The molecule has 0 bridgehead atoms. The molecule has 176 valence electrons. The van der Waals surface area contributed by atoms with Crippen LogP contribution in [0.4, 0.5) is 0 Å². The van der Waals surface area contributed by atoms with Gasteiger partial charge in [0.25, 0.3) is 0 Å². The average molecular weight is 476 g/mol. The van der Waals surface area contributed by atoms with Crippen molar-refractivity contribution < 1.29 is 4.74 Å². The number of hydrogen-bond acceptors (Lipinski definition) is 2. The number of allylic oxidation sites excluding steroid dienone is 3. The second-order valence-electron chi connectivity index (χ2n) is 8.90. The van der Waals surface area contributed by atoms with Gasteiger partial charge in [-0.1, -0.05) is 121 Å². The summed E-state index contributed by atoms with van der Waals surface area (Å²) in [6.45, 7) is 0. The number of hydrogen-bond donors (Lipinski definition) is 0. The fraction of sp³-hybridized carbons (Fsp3) is 0. The fourth-order valence-electron chi connectivity index (χ4n) is 4.44. The van der Waals surface area contributed by atoms with E-state index in [-0.39, 0.29) is 0 Å². The summed E-state index contributed by atoms with van der Waals surface area (Å²) in [6, 6.07) is 45.4. The van der Waals surface area contributed by atoms with Crippen LogP contribution in [0.3, 0.4) is 0 Å². The van der Waals surface area contributed by atoms with Crippen LogP contribution in [0.15, 0.2) is 151 Å². The van der Waals surface area contributed by atoms with Crippen molar-refractivity contribution in [3.8, 4) is 22.5 Å². The van der Waals surface area contributed by atoms with Gasteiger partial charge in [0.2, 0.25) is 0 Å². The molecule has 0 aliphatic carbocycles. The topological polar surface area (TPSA) is 22.1 Å². The molecule has 4 aromatic carbocycles. The first kappa shape index (κ1) is 22.5. The van der Waals surface area contributed by atoms with Gasteiger partial charge >= 0.3 is 0 Å². The molecule has 37 heavy (non-hydrogen) atoms. The summed E-state index contributed by atoms with van der Waals surface area (Å²) in [5, 5.41) is 0. The van der Waals surface area contributed by atoms with Crippen molar-refractivity contribution in [2.24, 2.45) is 0 Å². The van der Waals surface area contributed by atoms with Gasteiger partial charge in [-0.3, -0.25) is 0 Å². The van der Waals surface area contributed by atoms with Crippen LogP contribution in [0.25, 0.3) is 40.1 Å². The van der Waals surface area contributed by atoms with Crippen molar-refractivity contribution in [3.05, 3.63) is 168 Å². The molecular formula is C35H25NO. The van der Waals surface area contributed by atoms with Crippen LogP contribution >= 0.6 is 0 Å². The predicted octanol–water partition coefficient (Wildman–Crippen LogP) is 8.91. The SMILES string of the molecule is C(=C1C=C(c2ccccc2)OC(c2ccccc2)=C1)c1cc(-c2ccccc2)nc(-c2ccccc2)c1. The lowest BCUT2D eigenvalue weighted by Crippen LogP contribution is -1.99. The minimum atomic E-state index is 0.828. The summed E-state index contributed by atoms with van der Waals surface area (Å²) in [6.07, 6.45) is 6.41. The highest BCUT2D eigenvalue weighted by Crippen LogP contribution is 2.33. The van der Waals surface area contributed by atoms with Crippen molar-refractivity contribution in [2.75, 3.05) is 0 Å². The first-order valence-electron chi connectivity index (χ1n) is 12.4. The maximum absolute atomic E-state index is 6.38. The van der Waals surface area contributed by atoms with Crippen LogP contribution in [0, 0.1) is 0 Å². The van der Waals surface area contributed by atoms with E-state index in [0.717, 1.165) is 56.3 Å². The van der Waals surface area contributed by atoms with Gasteiger partial charge in [-0.15, -0.1) is 0 Å². The summed E-state index contributed by atoms with van der Waals surface area (Å²) in [7, 11) is 0. The molecule has 0 fully saturated rings. The fourth-order valence-corrected chi connectivity index (χ4v) is 4.44. The lowest BCUT2D eigenvalue weighted by Gasteiger charge is -2.19. The van der Waals surface area contributed by atoms with Crippen molar-refractivity contribution in [1.82, 2.24) is 4.98 Å². The minimum absolute atomic E-state index is 0.828. The molecule has 0 N–H and O–H groups in total. The van der Waals surface area contributed by atoms with Crippen molar-refractivity contribution >= 4 is 17.6 Å². The van der Waals surface area contributed by atoms with Crippen molar-refractivity contribution in [3.63, 3.8) is 0 Å². The Balaban J connectivity index is 1.49. The van der Waals surface area contributed by atoms with E-state index in [9.17, 15) is 0 Å². The monoisotopic (exact) mass is 475 g/mol. The molecule has 0 amide bonds. The summed E-state index contributed by atoms with van der Waals surface area (Å²) in [5.74, 6) is 1.66. The maximum Gasteiger partial charge on any atom is 0.135 e. The number of benzene rings is 4. The largest absolute Gasteiger partial charge is 0.456 e. The van der Waals surface area contributed by atoms with Crippen LogP contribution in [-0.4, -0.2) is 4.98 Å². The zero-order valence-electron chi connectivity index (χ0n) is 20.3. The lowest BCUT2D eigenvalue weighted by molar-refractivity contribution is 0.467. The standard InChI is InChI=1S/C35H25NO/c1-5-13-28(14-6-1)32-22-26(23-33(36-32)29-15-7-2-8-16-29)21-27-24-34(30-17-9-3-10-18-30)37-35(25-27)31-19-11-4-12-20-31/h1-25H. The number of aromatic nitrogens is 1. The Hall–Kier alpha value is -4.95. The van der Waals surface area contributed by atoms with E-state index in [4.69, 9.17) is 9.72 Å². The van der Waals surface area contributed by atoms with Gasteiger partial charge in [-0.25, -0.2) is 4.98 Å². The van der Waals surface area contributed by atoms with Crippen LogP contribution in [-0.2, 0) is 4.74 Å². The quantitative estimate of drug-likeness (QED) is 0.253. The van der Waals surface area contributed by atoms with E-state index >= 15 is 0 Å². The summed E-state index contributed by atoms with van der Waals surface area (Å²) < 4.78 is 6.38.